The van der Waals surface area contributed by atoms with Gasteiger partial charge in [-0.05, 0) is 131 Å². The zero-order valence-corrected chi connectivity index (χ0v) is 39.5. The molecule has 0 radical (unpaired) electrons. The van der Waals surface area contributed by atoms with Gasteiger partial charge >= 0.3 is 0 Å². The first kappa shape index (κ1) is 51.9. The lowest BCUT2D eigenvalue weighted by Gasteiger charge is -2.11. The van der Waals surface area contributed by atoms with Crippen LogP contribution in [0.5, 0.6) is 0 Å². The summed E-state index contributed by atoms with van der Waals surface area (Å²) in [6.45, 7) is 9.23. The van der Waals surface area contributed by atoms with Crippen molar-refractivity contribution >= 4 is 72.3 Å². The first-order valence-corrected chi connectivity index (χ1v) is 23.9. The van der Waals surface area contributed by atoms with Gasteiger partial charge in [0.1, 0.15) is 44.7 Å². The van der Waals surface area contributed by atoms with Crippen LogP contribution in [-0.4, -0.2) is 49.6 Å². The minimum absolute atomic E-state index is 0.121. The predicted molar refractivity (Wildman–Crippen MR) is 258 cm³/mol. The molecule has 0 atom stereocenters. The van der Waals surface area contributed by atoms with Crippen molar-refractivity contribution in [1.82, 2.24) is 0 Å². The molecule has 356 valence electrons. The highest BCUT2D eigenvalue weighted by Crippen LogP contribution is 2.20. The monoisotopic (exact) mass is 971 g/mol. The van der Waals surface area contributed by atoms with E-state index < -0.39 is 32.1 Å². The van der Waals surface area contributed by atoms with Gasteiger partial charge in [-0.2, -0.15) is 0 Å². The number of hydrogen-bond acceptors (Lipinski definition) is 11. The number of nitrogen functional groups attached to an aromatic ring is 1. The molecule has 0 unspecified atom stereocenters. The van der Waals surface area contributed by atoms with Crippen molar-refractivity contribution in [1.29, 1.82) is 0 Å². The number of pyridine rings is 2. The molecule has 0 fully saturated rings. The first-order chi connectivity index (χ1) is 32.7. The van der Waals surface area contributed by atoms with Gasteiger partial charge in [0.05, 0.1) is 15.4 Å². The Morgan fingerprint density at radius 1 is 0.478 bits per heavy atom. The van der Waals surface area contributed by atoms with Crippen LogP contribution in [0.25, 0.3) is 0 Å². The highest BCUT2D eigenvalue weighted by atomic mass is 32.2. The van der Waals surface area contributed by atoms with E-state index >= 15 is 0 Å². The average molecular weight is 972 g/mol. The molecule has 0 aliphatic heterocycles. The molecular weight excluding hydrogens is 923 g/mol. The summed E-state index contributed by atoms with van der Waals surface area (Å²) in [5.41, 5.74) is 11.8. The molecule has 4 amide bonds. The lowest BCUT2D eigenvalue weighted by Crippen LogP contribution is -2.31. The maximum atomic E-state index is 13.0. The summed E-state index contributed by atoms with van der Waals surface area (Å²) < 4.78 is 66.2. The van der Waals surface area contributed by atoms with Crippen LogP contribution in [0.3, 0.4) is 0 Å². The normalized spacial score (nSPS) is 10.8. The van der Waals surface area contributed by atoms with Gasteiger partial charge in [-0.1, -0.05) is 35.4 Å². The largest absolute Gasteiger partial charge is 0.744 e. The van der Waals surface area contributed by atoms with Crippen molar-refractivity contribution in [2.75, 3.05) is 27.0 Å². The molecule has 7 aromatic rings. The van der Waals surface area contributed by atoms with Gasteiger partial charge in [0.2, 0.25) is 0 Å². The minimum atomic E-state index is -4.27. The minimum Gasteiger partial charge on any atom is -0.744 e. The van der Waals surface area contributed by atoms with Crippen LogP contribution in [0.15, 0.2) is 174 Å². The van der Waals surface area contributed by atoms with Crippen LogP contribution in [0.4, 0.5) is 28.4 Å². The molecule has 0 spiro atoms. The summed E-state index contributed by atoms with van der Waals surface area (Å²) in [4.78, 5) is 50.8. The van der Waals surface area contributed by atoms with Gasteiger partial charge in [-0.15, -0.1) is 0 Å². The van der Waals surface area contributed by atoms with Gasteiger partial charge in [0.15, 0.2) is 24.8 Å². The van der Waals surface area contributed by atoms with Crippen molar-refractivity contribution in [2.45, 2.75) is 50.6 Å². The fraction of sp³-hybridized carbons (Fsp3) is 0.120. The molecule has 0 saturated heterocycles. The molecule has 19 heteroatoms. The second-order valence-electron chi connectivity index (χ2n) is 15.2. The fourth-order valence-corrected chi connectivity index (χ4v) is 7.06. The number of nitrogens with one attached hydrogen (secondary N) is 4. The van der Waals surface area contributed by atoms with E-state index in [9.17, 15) is 45.1 Å². The third kappa shape index (κ3) is 15.8. The van der Waals surface area contributed by atoms with E-state index in [1.807, 2.05) is 85.9 Å². The van der Waals surface area contributed by atoms with Crippen LogP contribution in [-0.2, 0) is 33.3 Å². The van der Waals surface area contributed by atoms with Crippen LogP contribution >= 0.6 is 0 Å². The number of carbonyl (C=O) groups is 4. The molecule has 0 aliphatic rings. The Hall–Kier alpha value is -8.10. The number of amides is 4. The Labute approximate surface area is 400 Å². The van der Waals surface area contributed by atoms with Gasteiger partial charge < -0.3 is 36.1 Å². The zero-order chi connectivity index (χ0) is 50.3. The Morgan fingerprint density at radius 3 is 1.19 bits per heavy atom. The second-order valence-corrected chi connectivity index (χ2v) is 17.9. The van der Waals surface area contributed by atoms with Crippen LogP contribution in [0, 0.1) is 13.8 Å². The molecule has 0 saturated carbocycles. The smallest absolute Gasteiger partial charge is 0.257 e. The maximum absolute atomic E-state index is 13.0. The van der Waals surface area contributed by atoms with Gasteiger partial charge in [0.25, 0.3) is 23.6 Å². The van der Waals surface area contributed by atoms with Gasteiger partial charge in [-0.25, -0.2) is 26.0 Å². The highest BCUT2D eigenvalue weighted by molar-refractivity contribution is 7.86. The molecule has 69 heavy (non-hydrogen) atoms. The zero-order valence-electron chi connectivity index (χ0n) is 37.9. The topological polar surface area (TPSA) is 265 Å². The third-order valence-electron chi connectivity index (χ3n) is 9.95. The predicted octanol–water partition coefficient (Wildman–Crippen LogP) is 6.69. The van der Waals surface area contributed by atoms with Gasteiger partial charge in [-0.3, -0.25) is 19.2 Å². The Balaban J connectivity index is 0.000000328. The van der Waals surface area contributed by atoms with Crippen molar-refractivity contribution in [3.63, 3.8) is 0 Å². The standard InChI is InChI=1S/C36H33N7O4.2C7H8O3S/c1-3-42-19-5-7-29(22-42)40-33(44)24-9-14-27(15-10-24)38-35(46)26-13-18-31(32(37)21-26)36(47)39-28-16-11-25(12-17-28)34(45)41-30-8-6-20-43(4-2)23-30;2*1-6-2-4-7(5-3-6)11(8,9)10/h5-23H,3-4H2,1-2H3,(H4-2,37,38,39,40,41,44,45,46,47);2*2-5H,1H3,(H,8,9,10). The lowest BCUT2D eigenvalue weighted by atomic mass is 10.1. The average Bonchev–Trinajstić information content (AvgIpc) is 3.32. The number of carbonyl (C=O) groups excluding carboxylic acids is 4. The Morgan fingerprint density at radius 2 is 0.826 bits per heavy atom. The summed E-state index contributed by atoms with van der Waals surface area (Å²) in [6.07, 6.45) is 7.53. The number of hydrogen-bond donors (Lipinski definition) is 5. The molecular formula is C50H49N7O10S2. The maximum Gasteiger partial charge on any atom is 0.257 e. The second kappa shape index (κ2) is 23.6. The van der Waals surface area contributed by atoms with E-state index in [1.165, 1.54) is 42.5 Å². The Bertz CT molecular complexity index is 3100. The van der Waals surface area contributed by atoms with E-state index in [2.05, 4.69) is 21.3 Å². The van der Waals surface area contributed by atoms with Crippen molar-refractivity contribution in [3.8, 4) is 0 Å². The SMILES string of the molecule is CC[n+]1cccc(NC(=O)c2ccc(NC(=O)c3ccc(C(=O)Nc4ccc(C(=O)Nc5ccc[n+](CC)c5)cc4)c(N)c3)cc2)c1.Cc1ccc(S(=O)(=O)[O-])cc1.Cc1ccc(S(=O)(=O)[O-])cc1. The molecule has 2 heterocycles. The van der Waals surface area contributed by atoms with Crippen molar-refractivity contribution in [2.24, 2.45) is 0 Å². The number of aryl methyl sites for hydroxylation is 4. The number of nitrogens with zero attached hydrogens (tertiary/aromatic N) is 2. The summed E-state index contributed by atoms with van der Waals surface area (Å²) in [5, 5.41) is 11.3. The summed E-state index contributed by atoms with van der Waals surface area (Å²) >= 11 is 0. The van der Waals surface area contributed by atoms with E-state index in [0.29, 0.717) is 33.9 Å². The van der Waals surface area contributed by atoms with E-state index in [-0.39, 0.29) is 38.4 Å². The number of anilines is 5. The van der Waals surface area contributed by atoms with Crippen molar-refractivity contribution in [3.05, 3.63) is 198 Å². The van der Waals surface area contributed by atoms with Crippen LogP contribution in [0.2, 0.25) is 0 Å². The molecule has 0 bridgehead atoms. The molecule has 17 nitrogen and oxygen atoms in total. The van der Waals surface area contributed by atoms with Gasteiger partial charge in [0, 0.05) is 45.9 Å². The number of nitrogens with two attached hydrogens (primary N) is 1. The van der Waals surface area contributed by atoms with E-state index in [0.717, 1.165) is 24.2 Å². The van der Waals surface area contributed by atoms with E-state index in [4.69, 9.17) is 5.73 Å². The molecule has 7 rings (SSSR count). The molecule has 0 aliphatic carbocycles. The number of benzene rings is 5. The number of aromatic nitrogens is 2. The summed E-state index contributed by atoms with van der Waals surface area (Å²) in [5.74, 6) is -1.44. The fourth-order valence-electron chi connectivity index (χ4n) is 6.12. The molecule has 5 aromatic carbocycles. The molecule has 2 aromatic heterocycles. The lowest BCUT2D eigenvalue weighted by molar-refractivity contribution is -0.693. The van der Waals surface area contributed by atoms with Crippen LogP contribution < -0.4 is 36.1 Å². The Kier molecular flexibility index (Phi) is 17.7. The molecule has 6 N–H and O–H groups in total. The summed E-state index contributed by atoms with van der Waals surface area (Å²) in [6, 6.07) is 36.3. The third-order valence-corrected chi connectivity index (χ3v) is 11.6. The quantitative estimate of drug-likeness (QED) is 0.0489. The number of rotatable bonds is 12. The van der Waals surface area contributed by atoms with E-state index in [1.54, 1.807) is 72.8 Å². The van der Waals surface area contributed by atoms with Crippen LogP contribution in [0.1, 0.15) is 66.4 Å². The highest BCUT2D eigenvalue weighted by Gasteiger charge is 2.16. The first-order valence-electron chi connectivity index (χ1n) is 21.1. The van der Waals surface area contributed by atoms with Crippen molar-refractivity contribution < 1.29 is 54.3 Å². The summed E-state index contributed by atoms with van der Waals surface area (Å²) in [7, 11) is -8.54.